The minimum Gasteiger partial charge on any atom is -0.367 e. The summed E-state index contributed by atoms with van der Waals surface area (Å²) in [5.74, 6) is 0.776. The molecule has 2 N–H and O–H groups in total. The van der Waals surface area contributed by atoms with Crippen molar-refractivity contribution in [1.29, 1.82) is 0 Å². The Morgan fingerprint density at radius 3 is 2.93 bits per heavy atom. The van der Waals surface area contributed by atoms with Gasteiger partial charge in [-0.2, -0.15) is 0 Å². The maximum atomic E-state index is 11.4. The van der Waals surface area contributed by atoms with Crippen LogP contribution < -0.4 is 10.6 Å². The van der Waals surface area contributed by atoms with Crippen LogP contribution in [0, 0.1) is 5.92 Å². The third-order valence-electron chi connectivity index (χ3n) is 2.99. The average molecular weight is 212 g/mol. The Balaban J connectivity index is 1.53. The zero-order valence-electron chi connectivity index (χ0n) is 9.13. The summed E-state index contributed by atoms with van der Waals surface area (Å²) in [5, 5.41) is 6.16. The molecule has 1 saturated carbocycles. The highest BCUT2D eigenvalue weighted by Crippen LogP contribution is 2.27. The van der Waals surface area contributed by atoms with Crippen LogP contribution in [-0.2, 0) is 9.53 Å². The van der Waals surface area contributed by atoms with Crippen molar-refractivity contribution in [3.05, 3.63) is 0 Å². The Hall–Kier alpha value is -0.610. The highest BCUT2D eigenvalue weighted by Gasteiger charge is 2.22. The van der Waals surface area contributed by atoms with Gasteiger partial charge >= 0.3 is 0 Å². The lowest BCUT2D eigenvalue weighted by molar-refractivity contribution is -0.128. The minimum atomic E-state index is 0.0347. The Bertz CT molecular complexity index is 211. The lowest BCUT2D eigenvalue weighted by Gasteiger charge is -2.22. The van der Waals surface area contributed by atoms with E-state index in [0.717, 1.165) is 38.4 Å². The Labute approximate surface area is 90.8 Å². The van der Waals surface area contributed by atoms with E-state index in [9.17, 15) is 4.79 Å². The molecule has 0 bridgehead atoms. The zero-order valence-corrected chi connectivity index (χ0v) is 9.13. The highest BCUT2D eigenvalue weighted by molar-refractivity contribution is 5.77. The van der Waals surface area contributed by atoms with Crippen LogP contribution in [0.2, 0.25) is 0 Å². The number of carbonyl (C=O) groups is 1. The first-order valence-corrected chi connectivity index (χ1v) is 5.93. The topological polar surface area (TPSA) is 50.4 Å². The van der Waals surface area contributed by atoms with E-state index in [0.29, 0.717) is 0 Å². The molecule has 1 aliphatic heterocycles. The summed E-state index contributed by atoms with van der Waals surface area (Å²) in [6.45, 7) is 3.02. The average Bonchev–Trinajstić information content (AvgIpc) is 3.09. The standard InChI is InChI=1S/C11H20N2O2/c14-11(13-6-9-3-4-9)8-15-10-2-1-5-12-7-10/h9-10,12H,1-8H2,(H,13,14)/t10-/m0/s1. The number of amides is 1. The number of ether oxygens (including phenoxy) is 1. The predicted molar refractivity (Wildman–Crippen MR) is 57.6 cm³/mol. The van der Waals surface area contributed by atoms with Crippen molar-refractivity contribution in [2.75, 3.05) is 26.2 Å². The second-order valence-electron chi connectivity index (χ2n) is 4.53. The predicted octanol–water partition coefficient (Wildman–Crippen LogP) is 0.281. The Kier molecular flexibility index (Phi) is 3.97. The zero-order chi connectivity index (χ0) is 10.5. The lowest BCUT2D eigenvalue weighted by atomic mass is 10.1. The fourth-order valence-corrected chi connectivity index (χ4v) is 1.79. The molecule has 1 atom stereocenters. The van der Waals surface area contributed by atoms with Crippen molar-refractivity contribution in [3.63, 3.8) is 0 Å². The molecule has 0 aromatic rings. The van der Waals surface area contributed by atoms with Gasteiger partial charge in [0.05, 0.1) is 6.10 Å². The van der Waals surface area contributed by atoms with E-state index in [4.69, 9.17) is 4.74 Å². The summed E-state index contributed by atoms with van der Waals surface area (Å²) in [6, 6.07) is 0. The smallest absolute Gasteiger partial charge is 0.246 e. The van der Waals surface area contributed by atoms with Crippen LogP contribution in [0.15, 0.2) is 0 Å². The van der Waals surface area contributed by atoms with Gasteiger partial charge in [0.25, 0.3) is 0 Å². The molecule has 1 amide bonds. The van der Waals surface area contributed by atoms with Crippen molar-refractivity contribution in [3.8, 4) is 0 Å². The molecule has 2 aliphatic rings. The first-order valence-electron chi connectivity index (χ1n) is 5.93. The van der Waals surface area contributed by atoms with Crippen LogP contribution in [0.25, 0.3) is 0 Å². The second-order valence-corrected chi connectivity index (χ2v) is 4.53. The molecule has 4 heteroatoms. The summed E-state index contributed by atoms with van der Waals surface area (Å²) in [7, 11) is 0. The fourth-order valence-electron chi connectivity index (χ4n) is 1.79. The summed E-state index contributed by atoms with van der Waals surface area (Å²) in [6.07, 6.45) is 4.99. The lowest BCUT2D eigenvalue weighted by Crippen LogP contribution is -2.38. The summed E-state index contributed by atoms with van der Waals surface area (Å²) in [5.41, 5.74) is 0. The van der Waals surface area contributed by atoms with Crippen LogP contribution in [0.3, 0.4) is 0 Å². The van der Waals surface area contributed by atoms with E-state index in [1.807, 2.05) is 0 Å². The normalized spacial score (nSPS) is 26.3. The number of piperidine rings is 1. The van der Waals surface area contributed by atoms with Crippen molar-refractivity contribution in [2.24, 2.45) is 5.92 Å². The van der Waals surface area contributed by atoms with Gasteiger partial charge in [0.1, 0.15) is 6.61 Å². The molecular formula is C11H20N2O2. The molecular weight excluding hydrogens is 192 g/mol. The quantitative estimate of drug-likeness (QED) is 0.688. The molecule has 1 heterocycles. The van der Waals surface area contributed by atoms with Gasteiger partial charge in [0.15, 0.2) is 0 Å². The van der Waals surface area contributed by atoms with E-state index >= 15 is 0 Å². The fraction of sp³-hybridized carbons (Fsp3) is 0.909. The van der Waals surface area contributed by atoms with Gasteiger partial charge in [-0.15, -0.1) is 0 Å². The van der Waals surface area contributed by atoms with Gasteiger partial charge in [-0.3, -0.25) is 4.79 Å². The van der Waals surface area contributed by atoms with E-state index in [1.54, 1.807) is 0 Å². The van der Waals surface area contributed by atoms with Crippen molar-refractivity contribution in [1.82, 2.24) is 10.6 Å². The second kappa shape index (κ2) is 5.47. The molecule has 2 rings (SSSR count). The molecule has 0 aromatic heterocycles. The largest absolute Gasteiger partial charge is 0.367 e. The first-order chi connectivity index (χ1) is 7.34. The van der Waals surface area contributed by atoms with E-state index < -0.39 is 0 Å². The van der Waals surface area contributed by atoms with Gasteiger partial charge in [-0.05, 0) is 38.1 Å². The monoisotopic (exact) mass is 212 g/mol. The molecule has 2 fully saturated rings. The van der Waals surface area contributed by atoms with Crippen molar-refractivity contribution >= 4 is 5.91 Å². The number of carbonyl (C=O) groups excluding carboxylic acids is 1. The summed E-state index contributed by atoms with van der Waals surface area (Å²) < 4.78 is 5.52. The maximum absolute atomic E-state index is 11.4. The van der Waals surface area contributed by atoms with Crippen LogP contribution in [0.5, 0.6) is 0 Å². The molecule has 0 aromatic carbocycles. The van der Waals surface area contributed by atoms with E-state index in [2.05, 4.69) is 10.6 Å². The third kappa shape index (κ3) is 4.18. The molecule has 86 valence electrons. The summed E-state index contributed by atoms with van der Waals surface area (Å²) in [4.78, 5) is 11.4. The van der Waals surface area contributed by atoms with E-state index in [1.165, 1.54) is 12.8 Å². The molecule has 0 radical (unpaired) electrons. The highest BCUT2D eigenvalue weighted by atomic mass is 16.5. The molecule has 4 nitrogen and oxygen atoms in total. The SMILES string of the molecule is O=C(CO[C@H]1CCCNC1)NCC1CC1. The van der Waals surface area contributed by atoms with Gasteiger partial charge in [0.2, 0.25) is 5.91 Å². The maximum Gasteiger partial charge on any atom is 0.246 e. The van der Waals surface area contributed by atoms with E-state index in [-0.39, 0.29) is 18.6 Å². The third-order valence-corrected chi connectivity index (χ3v) is 2.99. The molecule has 15 heavy (non-hydrogen) atoms. The van der Waals surface area contributed by atoms with Crippen molar-refractivity contribution < 1.29 is 9.53 Å². The van der Waals surface area contributed by atoms with Crippen LogP contribution in [-0.4, -0.2) is 38.3 Å². The number of nitrogens with one attached hydrogen (secondary N) is 2. The first kappa shape index (κ1) is 10.9. The molecule has 0 spiro atoms. The van der Waals surface area contributed by atoms with Gasteiger partial charge in [-0.1, -0.05) is 0 Å². The van der Waals surface area contributed by atoms with Gasteiger partial charge in [-0.25, -0.2) is 0 Å². The molecule has 0 unspecified atom stereocenters. The Morgan fingerprint density at radius 1 is 1.40 bits per heavy atom. The molecule has 1 aliphatic carbocycles. The molecule has 1 saturated heterocycles. The van der Waals surface area contributed by atoms with Gasteiger partial charge in [0, 0.05) is 13.1 Å². The van der Waals surface area contributed by atoms with Crippen LogP contribution in [0.1, 0.15) is 25.7 Å². The number of rotatable bonds is 5. The Morgan fingerprint density at radius 2 is 2.27 bits per heavy atom. The van der Waals surface area contributed by atoms with Crippen LogP contribution in [0.4, 0.5) is 0 Å². The number of hydrogen-bond donors (Lipinski definition) is 2. The van der Waals surface area contributed by atoms with Crippen LogP contribution >= 0.6 is 0 Å². The van der Waals surface area contributed by atoms with Crippen molar-refractivity contribution in [2.45, 2.75) is 31.8 Å². The number of hydrogen-bond acceptors (Lipinski definition) is 3. The van der Waals surface area contributed by atoms with Gasteiger partial charge < -0.3 is 15.4 Å². The minimum absolute atomic E-state index is 0.0347. The summed E-state index contributed by atoms with van der Waals surface area (Å²) >= 11 is 0.